The molecule has 1 heterocycles. The fraction of sp³-hybridized carbons (Fsp3) is 0.273. The molecule has 1 aromatic heterocycles. The summed E-state index contributed by atoms with van der Waals surface area (Å²) < 4.78 is 7.60. The predicted octanol–water partition coefficient (Wildman–Crippen LogP) is 3.59. The minimum Gasteiger partial charge on any atom is -0.447 e. The van der Waals surface area contributed by atoms with E-state index in [2.05, 4.69) is 5.32 Å². The zero-order chi connectivity index (χ0) is 18.6. The van der Waals surface area contributed by atoms with E-state index in [0.29, 0.717) is 12.1 Å². The largest absolute Gasteiger partial charge is 0.447 e. The van der Waals surface area contributed by atoms with Gasteiger partial charge in [-0.3, -0.25) is 9.59 Å². The van der Waals surface area contributed by atoms with Crippen LogP contribution in [0.1, 0.15) is 30.9 Å². The highest BCUT2D eigenvalue weighted by Gasteiger charge is 2.30. The van der Waals surface area contributed by atoms with Crippen LogP contribution in [0.3, 0.4) is 0 Å². The number of para-hydroxylation sites is 1. The topological polar surface area (TPSA) is 60.3 Å². The average Bonchev–Trinajstić information content (AvgIpc) is 3.41. The van der Waals surface area contributed by atoms with Gasteiger partial charge in [0.15, 0.2) is 0 Å². The number of aromatic nitrogens is 1. The monoisotopic (exact) mass is 362 g/mol. The number of nitrogens with zero attached hydrogens (tertiary/aromatic N) is 1. The first kappa shape index (κ1) is 17.3. The van der Waals surface area contributed by atoms with Crippen molar-refractivity contribution in [1.82, 2.24) is 9.88 Å². The first-order chi connectivity index (χ1) is 13.2. The summed E-state index contributed by atoms with van der Waals surface area (Å²) in [5.41, 5.74) is 1.77. The lowest BCUT2D eigenvalue weighted by molar-refractivity contribution is -0.156. The standard InChI is InChI=1S/C22H22N2O3/c25-20(13-15-24-14-12-16-6-4-5-9-19(16)24)27-21(17-7-2-1-3-8-17)22(26)23-18-10-11-18/h1-9,12,14,18,21H,10-11,13,15H2,(H,23,26). The third-order valence-electron chi connectivity index (χ3n) is 4.75. The summed E-state index contributed by atoms with van der Waals surface area (Å²) in [5.74, 6) is -0.629. The van der Waals surface area contributed by atoms with Gasteiger partial charge in [0.05, 0.1) is 6.42 Å². The van der Waals surface area contributed by atoms with Gasteiger partial charge >= 0.3 is 5.97 Å². The minimum atomic E-state index is -0.902. The molecule has 1 saturated carbocycles. The van der Waals surface area contributed by atoms with Gasteiger partial charge in [0, 0.05) is 29.9 Å². The lowest BCUT2D eigenvalue weighted by Crippen LogP contribution is -2.33. The van der Waals surface area contributed by atoms with Crippen molar-refractivity contribution in [3.8, 4) is 0 Å². The Morgan fingerprint density at radius 2 is 1.78 bits per heavy atom. The van der Waals surface area contributed by atoms with E-state index in [9.17, 15) is 9.59 Å². The van der Waals surface area contributed by atoms with E-state index < -0.39 is 6.10 Å². The molecule has 1 atom stereocenters. The molecule has 0 bridgehead atoms. The maximum atomic E-state index is 12.5. The summed E-state index contributed by atoms with van der Waals surface area (Å²) in [6.45, 7) is 0.512. The van der Waals surface area contributed by atoms with Crippen LogP contribution in [0.25, 0.3) is 10.9 Å². The zero-order valence-electron chi connectivity index (χ0n) is 15.0. The van der Waals surface area contributed by atoms with E-state index in [1.165, 1.54) is 0 Å². The predicted molar refractivity (Wildman–Crippen MR) is 103 cm³/mol. The Morgan fingerprint density at radius 3 is 2.56 bits per heavy atom. The van der Waals surface area contributed by atoms with Crippen LogP contribution in [0.5, 0.6) is 0 Å². The maximum Gasteiger partial charge on any atom is 0.308 e. The van der Waals surface area contributed by atoms with Gasteiger partial charge in [0.25, 0.3) is 5.91 Å². The van der Waals surface area contributed by atoms with E-state index in [1.54, 1.807) is 0 Å². The van der Waals surface area contributed by atoms with Crippen molar-refractivity contribution in [3.63, 3.8) is 0 Å². The molecule has 3 aromatic rings. The Balaban J connectivity index is 1.42. The van der Waals surface area contributed by atoms with E-state index >= 15 is 0 Å². The van der Waals surface area contributed by atoms with E-state index in [-0.39, 0.29) is 24.3 Å². The van der Waals surface area contributed by atoms with Crippen molar-refractivity contribution >= 4 is 22.8 Å². The first-order valence-corrected chi connectivity index (χ1v) is 9.29. The van der Waals surface area contributed by atoms with Gasteiger partial charge in [0.1, 0.15) is 0 Å². The Kier molecular flexibility index (Phi) is 4.92. The van der Waals surface area contributed by atoms with Crippen molar-refractivity contribution in [3.05, 3.63) is 72.4 Å². The summed E-state index contributed by atoms with van der Waals surface area (Å²) in [7, 11) is 0. The number of amides is 1. The van der Waals surface area contributed by atoms with Crippen LogP contribution in [0.4, 0.5) is 0 Å². The summed E-state index contributed by atoms with van der Waals surface area (Å²) >= 11 is 0. The molecule has 5 heteroatoms. The Labute approximate surface area is 157 Å². The Morgan fingerprint density at radius 1 is 1.04 bits per heavy atom. The van der Waals surface area contributed by atoms with E-state index in [0.717, 1.165) is 23.7 Å². The number of aryl methyl sites for hydroxylation is 1. The molecular formula is C22H22N2O3. The normalized spacial score (nSPS) is 14.7. The van der Waals surface area contributed by atoms with Gasteiger partial charge in [-0.25, -0.2) is 0 Å². The van der Waals surface area contributed by atoms with E-state index in [4.69, 9.17) is 4.74 Å². The molecule has 1 N–H and O–H groups in total. The molecule has 1 aliphatic carbocycles. The highest BCUT2D eigenvalue weighted by atomic mass is 16.5. The number of ether oxygens (including phenoxy) is 1. The number of hydrogen-bond donors (Lipinski definition) is 1. The SMILES string of the molecule is O=C(CCn1ccc2ccccc21)OC(C(=O)NC1CC1)c1ccccc1. The number of fused-ring (bicyclic) bond motifs is 1. The van der Waals surface area contributed by atoms with Gasteiger partial charge in [-0.2, -0.15) is 0 Å². The lowest BCUT2D eigenvalue weighted by Gasteiger charge is -2.18. The second-order valence-electron chi connectivity index (χ2n) is 6.88. The fourth-order valence-electron chi connectivity index (χ4n) is 3.14. The van der Waals surface area contributed by atoms with Crippen LogP contribution in [0.2, 0.25) is 0 Å². The molecule has 138 valence electrons. The third kappa shape index (κ3) is 4.19. The molecule has 4 rings (SSSR count). The summed E-state index contributed by atoms with van der Waals surface area (Å²) in [6.07, 6.45) is 3.25. The van der Waals surface area contributed by atoms with Gasteiger partial charge < -0.3 is 14.6 Å². The lowest BCUT2D eigenvalue weighted by atomic mass is 10.1. The molecule has 5 nitrogen and oxygen atoms in total. The highest BCUT2D eigenvalue weighted by molar-refractivity contribution is 5.85. The molecule has 1 amide bonds. The van der Waals surface area contributed by atoms with Crippen molar-refractivity contribution in [2.45, 2.75) is 38.0 Å². The van der Waals surface area contributed by atoms with Crippen LogP contribution in [0, 0.1) is 0 Å². The van der Waals surface area contributed by atoms with Crippen molar-refractivity contribution in [2.24, 2.45) is 0 Å². The number of carbonyl (C=O) groups excluding carboxylic acids is 2. The molecule has 27 heavy (non-hydrogen) atoms. The van der Waals surface area contributed by atoms with Crippen LogP contribution >= 0.6 is 0 Å². The summed E-state index contributed by atoms with van der Waals surface area (Å²) in [6, 6.07) is 19.4. The second kappa shape index (κ2) is 7.66. The highest BCUT2D eigenvalue weighted by Crippen LogP contribution is 2.24. The summed E-state index contributed by atoms with van der Waals surface area (Å²) in [5, 5.41) is 4.07. The van der Waals surface area contributed by atoms with Gasteiger partial charge in [0.2, 0.25) is 6.10 Å². The zero-order valence-corrected chi connectivity index (χ0v) is 15.0. The van der Waals surface area contributed by atoms with Gasteiger partial charge in [-0.05, 0) is 30.4 Å². The van der Waals surface area contributed by atoms with Gasteiger partial charge in [-0.1, -0.05) is 48.5 Å². The van der Waals surface area contributed by atoms with Crippen LogP contribution in [-0.2, 0) is 20.9 Å². The Bertz CT molecular complexity index is 944. The van der Waals surface area contributed by atoms with E-state index in [1.807, 2.05) is 71.4 Å². The number of rotatable bonds is 7. The molecule has 1 fully saturated rings. The van der Waals surface area contributed by atoms with Gasteiger partial charge in [-0.15, -0.1) is 0 Å². The summed E-state index contributed by atoms with van der Waals surface area (Å²) in [4.78, 5) is 25.0. The fourth-order valence-corrected chi connectivity index (χ4v) is 3.14. The second-order valence-corrected chi connectivity index (χ2v) is 6.88. The molecule has 1 unspecified atom stereocenters. The molecule has 2 aromatic carbocycles. The van der Waals surface area contributed by atoms with Crippen molar-refractivity contribution < 1.29 is 14.3 Å². The molecule has 1 aliphatic rings. The average molecular weight is 362 g/mol. The van der Waals surface area contributed by atoms with Crippen LogP contribution in [-0.4, -0.2) is 22.5 Å². The van der Waals surface area contributed by atoms with Crippen molar-refractivity contribution in [2.75, 3.05) is 0 Å². The minimum absolute atomic E-state index is 0.207. The first-order valence-electron chi connectivity index (χ1n) is 9.29. The van der Waals surface area contributed by atoms with Crippen molar-refractivity contribution in [1.29, 1.82) is 0 Å². The molecule has 0 saturated heterocycles. The molecular weight excluding hydrogens is 340 g/mol. The van der Waals surface area contributed by atoms with Crippen LogP contribution in [0.15, 0.2) is 66.9 Å². The molecule has 0 spiro atoms. The maximum absolute atomic E-state index is 12.5. The number of hydrogen-bond acceptors (Lipinski definition) is 3. The molecule has 0 radical (unpaired) electrons. The number of nitrogens with one attached hydrogen (secondary N) is 1. The number of esters is 1. The molecule has 0 aliphatic heterocycles. The van der Waals surface area contributed by atoms with Crippen LogP contribution < -0.4 is 5.32 Å². The Hall–Kier alpha value is -3.08. The smallest absolute Gasteiger partial charge is 0.308 e. The number of carbonyl (C=O) groups is 2. The third-order valence-corrected chi connectivity index (χ3v) is 4.75. The number of benzene rings is 2. The quantitative estimate of drug-likeness (QED) is 0.654.